The molecule has 0 heterocycles. The fraction of sp³-hybridized carbons (Fsp3) is 0.417. The van der Waals surface area contributed by atoms with Gasteiger partial charge in [0.05, 0.1) is 6.04 Å². The van der Waals surface area contributed by atoms with E-state index in [0.29, 0.717) is 10.8 Å². The highest BCUT2D eigenvalue weighted by Crippen LogP contribution is 2.22. The minimum Gasteiger partial charge on any atom is -0.368 e. The molecule has 1 rings (SSSR count). The van der Waals surface area contributed by atoms with Crippen molar-refractivity contribution in [3.63, 3.8) is 0 Å². The Bertz CT molecular complexity index is 373. The van der Waals surface area contributed by atoms with Gasteiger partial charge in [-0.15, -0.1) is 11.8 Å². The second-order valence-corrected chi connectivity index (χ2v) is 5.21. The van der Waals surface area contributed by atoms with Crippen LogP contribution in [-0.4, -0.2) is 24.2 Å². The smallest absolute Gasteiger partial charge is 0.235 e. The maximum atomic E-state index is 11.2. The average molecular weight is 273 g/mol. The molecule has 0 saturated heterocycles. The lowest BCUT2D eigenvalue weighted by Gasteiger charge is -2.14. The van der Waals surface area contributed by atoms with Crippen LogP contribution in [0.25, 0.3) is 0 Å². The van der Waals surface area contributed by atoms with Gasteiger partial charge >= 0.3 is 0 Å². The molecule has 0 aliphatic carbocycles. The quantitative estimate of drug-likeness (QED) is 0.749. The first-order valence-corrected chi connectivity index (χ1v) is 6.91. The molecule has 1 atom stereocenters. The molecule has 1 aromatic rings. The summed E-state index contributed by atoms with van der Waals surface area (Å²) in [4.78, 5) is 12.3. The van der Waals surface area contributed by atoms with Gasteiger partial charge in [0.25, 0.3) is 0 Å². The first-order valence-electron chi connectivity index (χ1n) is 5.54. The third kappa shape index (κ3) is 5.44. The maximum Gasteiger partial charge on any atom is 0.235 e. The lowest BCUT2D eigenvalue weighted by molar-refractivity contribution is -0.119. The van der Waals surface area contributed by atoms with Crippen LogP contribution in [0.5, 0.6) is 0 Å². The van der Waals surface area contributed by atoms with Crippen LogP contribution in [0.4, 0.5) is 0 Å². The number of hydrogen-bond donors (Lipinski definition) is 2. The molecule has 1 amide bonds. The Labute approximate surface area is 111 Å². The van der Waals surface area contributed by atoms with Crippen LogP contribution < -0.4 is 11.1 Å². The van der Waals surface area contributed by atoms with Crippen molar-refractivity contribution in [2.24, 2.45) is 5.73 Å². The molecule has 5 heteroatoms. The SMILES string of the molecule is CCCNC(CSc1cccc(Cl)c1)C(N)=O. The van der Waals surface area contributed by atoms with Crippen LogP contribution in [-0.2, 0) is 4.79 Å². The number of primary amides is 1. The van der Waals surface area contributed by atoms with E-state index in [1.165, 1.54) is 0 Å². The molecule has 1 aromatic carbocycles. The highest BCUT2D eigenvalue weighted by molar-refractivity contribution is 7.99. The van der Waals surface area contributed by atoms with E-state index in [1.807, 2.05) is 24.3 Å². The molecule has 0 aliphatic rings. The molecule has 1 unspecified atom stereocenters. The minimum absolute atomic E-state index is 0.293. The van der Waals surface area contributed by atoms with Gasteiger partial charge in [-0.1, -0.05) is 24.6 Å². The van der Waals surface area contributed by atoms with Gasteiger partial charge in [-0.2, -0.15) is 0 Å². The molecule has 0 aromatic heterocycles. The van der Waals surface area contributed by atoms with Crippen molar-refractivity contribution >= 4 is 29.3 Å². The van der Waals surface area contributed by atoms with Crippen molar-refractivity contribution in [3.05, 3.63) is 29.3 Å². The molecule has 0 spiro atoms. The predicted molar refractivity (Wildman–Crippen MR) is 73.5 cm³/mol. The van der Waals surface area contributed by atoms with Crippen LogP contribution in [0.3, 0.4) is 0 Å². The molecular weight excluding hydrogens is 256 g/mol. The fourth-order valence-electron chi connectivity index (χ4n) is 1.30. The molecule has 0 fully saturated rings. The van der Waals surface area contributed by atoms with Gasteiger partial charge in [-0.25, -0.2) is 0 Å². The maximum absolute atomic E-state index is 11.2. The Morgan fingerprint density at radius 3 is 2.94 bits per heavy atom. The molecule has 3 N–H and O–H groups in total. The molecule has 0 radical (unpaired) electrons. The van der Waals surface area contributed by atoms with Gasteiger partial charge in [0.2, 0.25) is 5.91 Å². The van der Waals surface area contributed by atoms with Crippen molar-refractivity contribution in [2.75, 3.05) is 12.3 Å². The number of thioether (sulfide) groups is 1. The van der Waals surface area contributed by atoms with Crippen LogP contribution >= 0.6 is 23.4 Å². The Balaban J connectivity index is 2.48. The van der Waals surface area contributed by atoms with E-state index in [9.17, 15) is 4.79 Å². The standard InChI is InChI=1S/C12H17ClN2OS/c1-2-6-15-11(12(14)16)8-17-10-5-3-4-9(13)7-10/h3-5,7,11,15H,2,6,8H2,1H3,(H2,14,16). The average Bonchev–Trinajstić information content (AvgIpc) is 2.28. The fourth-order valence-corrected chi connectivity index (χ4v) is 2.58. The Kier molecular flexibility index (Phi) is 6.40. The zero-order valence-corrected chi connectivity index (χ0v) is 11.4. The monoisotopic (exact) mass is 272 g/mol. The molecule has 0 saturated carbocycles. The zero-order valence-electron chi connectivity index (χ0n) is 9.78. The summed E-state index contributed by atoms with van der Waals surface area (Å²) < 4.78 is 0. The lowest BCUT2D eigenvalue weighted by Crippen LogP contribution is -2.43. The summed E-state index contributed by atoms with van der Waals surface area (Å²) >= 11 is 7.46. The largest absolute Gasteiger partial charge is 0.368 e. The number of rotatable bonds is 7. The minimum atomic E-state index is -0.312. The third-order valence-electron chi connectivity index (χ3n) is 2.20. The van der Waals surface area contributed by atoms with Gasteiger partial charge in [0.15, 0.2) is 0 Å². The summed E-state index contributed by atoms with van der Waals surface area (Å²) in [6.45, 7) is 2.85. The van der Waals surface area contributed by atoms with Gasteiger partial charge in [0.1, 0.15) is 0 Å². The summed E-state index contributed by atoms with van der Waals surface area (Å²) in [5.74, 6) is 0.309. The van der Waals surface area contributed by atoms with E-state index in [1.54, 1.807) is 11.8 Å². The van der Waals surface area contributed by atoms with Crippen molar-refractivity contribution in [2.45, 2.75) is 24.3 Å². The van der Waals surface area contributed by atoms with Crippen molar-refractivity contribution in [1.82, 2.24) is 5.32 Å². The topological polar surface area (TPSA) is 55.1 Å². The highest BCUT2D eigenvalue weighted by atomic mass is 35.5. The highest BCUT2D eigenvalue weighted by Gasteiger charge is 2.14. The van der Waals surface area contributed by atoms with E-state index in [4.69, 9.17) is 17.3 Å². The Hall–Kier alpha value is -0.710. The molecule has 94 valence electrons. The van der Waals surface area contributed by atoms with Crippen LogP contribution in [0, 0.1) is 0 Å². The molecule has 3 nitrogen and oxygen atoms in total. The first kappa shape index (κ1) is 14.4. The van der Waals surface area contributed by atoms with E-state index >= 15 is 0 Å². The number of halogens is 1. The van der Waals surface area contributed by atoms with E-state index in [-0.39, 0.29) is 11.9 Å². The summed E-state index contributed by atoms with van der Waals surface area (Å²) in [6, 6.07) is 7.27. The molecule has 17 heavy (non-hydrogen) atoms. The normalized spacial score (nSPS) is 12.4. The van der Waals surface area contributed by atoms with Crippen LogP contribution in [0.15, 0.2) is 29.2 Å². The van der Waals surface area contributed by atoms with Gasteiger partial charge in [-0.05, 0) is 31.2 Å². The van der Waals surface area contributed by atoms with Gasteiger partial charge in [0, 0.05) is 15.7 Å². The molecular formula is C12H17ClN2OS. The second kappa shape index (κ2) is 7.58. The number of nitrogens with two attached hydrogens (primary N) is 1. The Morgan fingerprint density at radius 1 is 1.59 bits per heavy atom. The summed E-state index contributed by atoms with van der Waals surface area (Å²) in [5.41, 5.74) is 5.33. The second-order valence-electron chi connectivity index (χ2n) is 3.68. The van der Waals surface area contributed by atoms with Crippen molar-refractivity contribution in [1.29, 1.82) is 0 Å². The zero-order chi connectivity index (χ0) is 12.7. The number of amides is 1. The third-order valence-corrected chi connectivity index (χ3v) is 3.52. The van der Waals surface area contributed by atoms with E-state index < -0.39 is 0 Å². The number of carbonyl (C=O) groups excluding carboxylic acids is 1. The van der Waals surface area contributed by atoms with Crippen LogP contribution in [0.1, 0.15) is 13.3 Å². The Morgan fingerprint density at radius 2 is 2.35 bits per heavy atom. The van der Waals surface area contributed by atoms with E-state index in [0.717, 1.165) is 17.9 Å². The molecule has 0 aliphatic heterocycles. The number of nitrogens with one attached hydrogen (secondary N) is 1. The number of benzene rings is 1. The first-order chi connectivity index (χ1) is 8.13. The summed E-state index contributed by atoms with van der Waals surface area (Å²) in [7, 11) is 0. The summed E-state index contributed by atoms with van der Waals surface area (Å²) in [6.07, 6.45) is 0.978. The van der Waals surface area contributed by atoms with E-state index in [2.05, 4.69) is 12.2 Å². The predicted octanol–water partition coefficient (Wildman–Crippen LogP) is 2.29. The summed E-state index contributed by atoms with van der Waals surface area (Å²) in [5, 5.41) is 3.83. The van der Waals surface area contributed by atoms with Crippen molar-refractivity contribution in [3.8, 4) is 0 Å². The lowest BCUT2D eigenvalue weighted by atomic mass is 10.3. The van der Waals surface area contributed by atoms with Gasteiger partial charge in [-0.3, -0.25) is 4.79 Å². The number of hydrogen-bond acceptors (Lipinski definition) is 3. The molecule has 0 bridgehead atoms. The van der Waals surface area contributed by atoms with Crippen molar-refractivity contribution < 1.29 is 4.79 Å². The number of carbonyl (C=O) groups is 1. The van der Waals surface area contributed by atoms with Crippen LogP contribution in [0.2, 0.25) is 5.02 Å². The van der Waals surface area contributed by atoms with Gasteiger partial charge < -0.3 is 11.1 Å².